The molecule has 0 atom stereocenters. The zero-order chi connectivity index (χ0) is 18.0. The van der Waals surface area contributed by atoms with E-state index in [0.717, 1.165) is 0 Å². The molecule has 1 aliphatic heterocycles. The lowest BCUT2D eigenvalue weighted by atomic mass is 10.1. The van der Waals surface area contributed by atoms with Gasteiger partial charge in [-0.3, -0.25) is 9.59 Å². The van der Waals surface area contributed by atoms with Gasteiger partial charge < -0.3 is 19.0 Å². The second-order valence-electron chi connectivity index (χ2n) is 5.95. The van der Waals surface area contributed by atoms with E-state index in [2.05, 4.69) is 4.98 Å². The third-order valence-corrected chi connectivity index (χ3v) is 4.28. The third-order valence-electron chi connectivity index (χ3n) is 4.28. The summed E-state index contributed by atoms with van der Waals surface area (Å²) in [5, 5.41) is 0. The highest BCUT2D eigenvalue weighted by Gasteiger charge is 2.28. The van der Waals surface area contributed by atoms with Crippen LogP contribution in [-0.4, -0.2) is 59.9 Å². The van der Waals surface area contributed by atoms with Crippen LogP contribution in [0.15, 0.2) is 28.7 Å². The highest BCUT2D eigenvalue weighted by atomic mass is 16.5. The zero-order valence-corrected chi connectivity index (χ0v) is 14.6. The highest BCUT2D eigenvalue weighted by molar-refractivity contribution is 5.95. The van der Waals surface area contributed by atoms with Gasteiger partial charge in [0.2, 0.25) is 0 Å². The average molecular weight is 343 g/mol. The average Bonchev–Trinajstić information content (AvgIpc) is 2.99. The van der Waals surface area contributed by atoms with Gasteiger partial charge in [-0.15, -0.1) is 0 Å². The van der Waals surface area contributed by atoms with Crippen molar-refractivity contribution in [2.45, 2.75) is 13.8 Å². The van der Waals surface area contributed by atoms with Gasteiger partial charge in [-0.25, -0.2) is 4.98 Å². The van der Waals surface area contributed by atoms with Crippen molar-refractivity contribution in [3.8, 4) is 5.75 Å². The number of ether oxygens (including phenoxy) is 1. The molecule has 0 N–H and O–H groups in total. The third kappa shape index (κ3) is 3.50. The molecule has 7 nitrogen and oxygen atoms in total. The lowest BCUT2D eigenvalue weighted by Gasteiger charge is -2.34. The molecule has 1 aromatic heterocycles. The number of aryl methyl sites for hydroxylation is 2. The van der Waals surface area contributed by atoms with Crippen LogP contribution in [0.3, 0.4) is 0 Å². The maximum absolute atomic E-state index is 12.6. The van der Waals surface area contributed by atoms with Crippen LogP contribution in [0, 0.1) is 13.8 Å². The van der Waals surface area contributed by atoms with Gasteiger partial charge in [-0.2, -0.15) is 0 Å². The van der Waals surface area contributed by atoms with E-state index < -0.39 is 0 Å². The number of rotatable bonds is 3. The molecule has 3 rings (SSSR count). The number of nitrogens with zero attached hydrogens (tertiary/aromatic N) is 3. The SMILES string of the molecule is COc1cccc(C(=O)N2CCN(C(=O)c3nc(C)oc3C)CC2)c1. The lowest BCUT2D eigenvalue weighted by molar-refractivity contribution is 0.0531. The summed E-state index contributed by atoms with van der Waals surface area (Å²) < 4.78 is 10.5. The van der Waals surface area contributed by atoms with Gasteiger partial charge in [0.25, 0.3) is 11.8 Å². The Bertz CT molecular complexity index is 791. The smallest absolute Gasteiger partial charge is 0.276 e. The van der Waals surface area contributed by atoms with Gasteiger partial charge in [0.1, 0.15) is 11.5 Å². The van der Waals surface area contributed by atoms with Crippen LogP contribution in [0.5, 0.6) is 5.75 Å². The Balaban J connectivity index is 1.64. The molecule has 0 saturated carbocycles. The van der Waals surface area contributed by atoms with Gasteiger partial charge in [0, 0.05) is 38.7 Å². The van der Waals surface area contributed by atoms with E-state index in [0.29, 0.717) is 54.8 Å². The molecule has 1 saturated heterocycles. The summed E-state index contributed by atoms with van der Waals surface area (Å²) in [6.45, 7) is 5.36. The van der Waals surface area contributed by atoms with Crippen LogP contribution in [0.25, 0.3) is 0 Å². The first-order chi connectivity index (χ1) is 12.0. The van der Waals surface area contributed by atoms with Crippen LogP contribution in [0.4, 0.5) is 0 Å². The molecule has 0 unspecified atom stereocenters. The van der Waals surface area contributed by atoms with Crippen molar-refractivity contribution < 1.29 is 18.7 Å². The molecule has 0 aliphatic carbocycles. The predicted octanol–water partition coefficient (Wildman–Crippen LogP) is 1.90. The van der Waals surface area contributed by atoms with Crippen molar-refractivity contribution >= 4 is 11.8 Å². The summed E-state index contributed by atoms with van der Waals surface area (Å²) in [7, 11) is 1.57. The molecule has 1 aliphatic rings. The van der Waals surface area contributed by atoms with Gasteiger partial charge in [-0.05, 0) is 25.1 Å². The van der Waals surface area contributed by atoms with E-state index in [1.807, 2.05) is 0 Å². The summed E-state index contributed by atoms with van der Waals surface area (Å²) in [5.41, 5.74) is 0.937. The Hall–Kier alpha value is -2.83. The first kappa shape index (κ1) is 17.0. The van der Waals surface area contributed by atoms with E-state index in [4.69, 9.17) is 9.15 Å². The van der Waals surface area contributed by atoms with Gasteiger partial charge in [0.05, 0.1) is 7.11 Å². The first-order valence-corrected chi connectivity index (χ1v) is 8.16. The molecule has 1 fully saturated rings. The fourth-order valence-electron chi connectivity index (χ4n) is 2.93. The monoisotopic (exact) mass is 343 g/mol. The fourth-order valence-corrected chi connectivity index (χ4v) is 2.93. The Morgan fingerprint density at radius 2 is 1.72 bits per heavy atom. The first-order valence-electron chi connectivity index (χ1n) is 8.16. The van der Waals surface area contributed by atoms with E-state index in [-0.39, 0.29) is 11.8 Å². The number of aromatic nitrogens is 1. The molecule has 2 heterocycles. The molecular formula is C18H21N3O4. The van der Waals surface area contributed by atoms with Crippen molar-refractivity contribution in [3.05, 3.63) is 47.2 Å². The van der Waals surface area contributed by atoms with Gasteiger partial charge in [-0.1, -0.05) is 6.07 Å². The van der Waals surface area contributed by atoms with Crippen LogP contribution in [0.1, 0.15) is 32.5 Å². The minimum Gasteiger partial charge on any atom is -0.497 e. The Morgan fingerprint density at radius 1 is 1.08 bits per heavy atom. The van der Waals surface area contributed by atoms with Crippen LogP contribution < -0.4 is 4.74 Å². The summed E-state index contributed by atoms with van der Waals surface area (Å²) in [4.78, 5) is 32.8. The topological polar surface area (TPSA) is 75.9 Å². The molecule has 25 heavy (non-hydrogen) atoms. The van der Waals surface area contributed by atoms with Crippen molar-refractivity contribution in [3.63, 3.8) is 0 Å². The molecular weight excluding hydrogens is 322 g/mol. The highest BCUT2D eigenvalue weighted by Crippen LogP contribution is 2.17. The van der Waals surface area contributed by atoms with Crippen molar-refractivity contribution in [1.29, 1.82) is 0 Å². The predicted molar refractivity (Wildman–Crippen MR) is 90.8 cm³/mol. The van der Waals surface area contributed by atoms with Crippen molar-refractivity contribution in [1.82, 2.24) is 14.8 Å². The maximum Gasteiger partial charge on any atom is 0.276 e. The normalized spacial score (nSPS) is 14.5. The second-order valence-corrected chi connectivity index (χ2v) is 5.95. The molecule has 1 aromatic carbocycles. The minimum absolute atomic E-state index is 0.0561. The van der Waals surface area contributed by atoms with Crippen molar-refractivity contribution in [2.75, 3.05) is 33.3 Å². The molecule has 7 heteroatoms. The number of benzene rings is 1. The fraction of sp³-hybridized carbons (Fsp3) is 0.389. The summed E-state index contributed by atoms with van der Waals surface area (Å²) >= 11 is 0. The number of amides is 2. The molecule has 0 radical (unpaired) electrons. The van der Waals surface area contributed by atoms with Crippen LogP contribution in [0.2, 0.25) is 0 Å². The van der Waals surface area contributed by atoms with Gasteiger partial charge in [0.15, 0.2) is 11.6 Å². The van der Waals surface area contributed by atoms with E-state index >= 15 is 0 Å². The molecule has 0 spiro atoms. The Kier molecular flexibility index (Phi) is 4.74. The summed E-state index contributed by atoms with van der Waals surface area (Å²) in [6, 6.07) is 7.09. The Morgan fingerprint density at radius 3 is 2.28 bits per heavy atom. The number of piperazine rings is 1. The molecule has 2 aromatic rings. The quantitative estimate of drug-likeness (QED) is 0.851. The van der Waals surface area contributed by atoms with E-state index in [9.17, 15) is 9.59 Å². The number of hydrogen-bond acceptors (Lipinski definition) is 5. The van der Waals surface area contributed by atoms with Crippen LogP contribution >= 0.6 is 0 Å². The largest absolute Gasteiger partial charge is 0.497 e. The minimum atomic E-state index is -0.150. The van der Waals surface area contributed by atoms with E-state index in [1.54, 1.807) is 55.0 Å². The Labute approximate surface area is 146 Å². The summed E-state index contributed by atoms with van der Waals surface area (Å²) in [5.74, 6) is 1.45. The lowest BCUT2D eigenvalue weighted by Crippen LogP contribution is -2.50. The molecule has 2 amide bonds. The van der Waals surface area contributed by atoms with E-state index in [1.165, 1.54) is 0 Å². The van der Waals surface area contributed by atoms with Crippen LogP contribution in [-0.2, 0) is 0 Å². The number of oxazole rings is 1. The molecule has 132 valence electrons. The van der Waals surface area contributed by atoms with Gasteiger partial charge >= 0.3 is 0 Å². The zero-order valence-electron chi connectivity index (χ0n) is 14.6. The maximum atomic E-state index is 12.6. The second kappa shape index (κ2) is 6.96. The standard InChI is InChI=1S/C18H21N3O4/c1-12-16(19-13(2)25-12)18(23)21-9-7-20(8-10-21)17(22)14-5-4-6-15(11-14)24-3/h4-6,11H,7-10H2,1-3H3. The number of carbonyl (C=O) groups excluding carboxylic acids is 2. The number of hydrogen-bond donors (Lipinski definition) is 0. The molecule has 0 bridgehead atoms. The summed E-state index contributed by atoms with van der Waals surface area (Å²) in [6.07, 6.45) is 0. The number of carbonyl (C=O) groups is 2. The number of methoxy groups -OCH3 is 1. The van der Waals surface area contributed by atoms with Crippen molar-refractivity contribution in [2.24, 2.45) is 0 Å².